The lowest BCUT2D eigenvalue weighted by Crippen LogP contribution is -2.17. The maximum atomic E-state index is 10.1. The molecule has 0 amide bonds. The van der Waals surface area contributed by atoms with Crippen molar-refractivity contribution in [2.24, 2.45) is 0 Å². The third-order valence-corrected chi connectivity index (χ3v) is 2.33. The Kier molecular flexibility index (Phi) is 4.63. The molecule has 0 saturated carbocycles. The molecule has 0 radical (unpaired) electrons. The van der Waals surface area contributed by atoms with Crippen LogP contribution < -0.4 is 9.47 Å². The number of rotatable bonds is 5. The number of aliphatic hydroxyl groups is 1. The molecule has 0 unspecified atom stereocenters. The summed E-state index contributed by atoms with van der Waals surface area (Å²) in [7, 11) is 0. The summed E-state index contributed by atoms with van der Waals surface area (Å²) in [6.45, 7) is 11.4. The lowest BCUT2D eigenvalue weighted by molar-refractivity contribution is 0.0775. The zero-order valence-electron chi connectivity index (χ0n) is 12.2. The molecule has 0 spiro atoms. The Labute approximate surface area is 110 Å². The van der Waals surface area contributed by atoms with E-state index < -0.39 is 5.60 Å². The SMILES string of the molecule is CC(C)Oc1cc(OC(C)C)cc(C(C)(C)O)c1. The van der Waals surface area contributed by atoms with Gasteiger partial charge in [-0.1, -0.05) is 0 Å². The van der Waals surface area contributed by atoms with Gasteiger partial charge in [-0.3, -0.25) is 0 Å². The molecule has 0 heterocycles. The summed E-state index contributed by atoms with van der Waals surface area (Å²) in [6, 6.07) is 5.57. The molecule has 0 aliphatic carbocycles. The highest BCUT2D eigenvalue weighted by Gasteiger charge is 2.19. The fraction of sp³-hybridized carbons (Fsp3) is 0.600. The highest BCUT2D eigenvalue weighted by Crippen LogP contribution is 2.30. The molecule has 0 aliphatic heterocycles. The van der Waals surface area contributed by atoms with E-state index in [0.29, 0.717) is 0 Å². The summed E-state index contributed by atoms with van der Waals surface area (Å²) in [4.78, 5) is 0. The van der Waals surface area contributed by atoms with E-state index in [0.717, 1.165) is 17.1 Å². The van der Waals surface area contributed by atoms with Crippen LogP contribution in [-0.4, -0.2) is 17.3 Å². The Morgan fingerprint density at radius 2 is 1.28 bits per heavy atom. The first-order valence-electron chi connectivity index (χ1n) is 6.39. The summed E-state index contributed by atoms with van der Waals surface area (Å²) in [6.07, 6.45) is 0.183. The lowest BCUT2D eigenvalue weighted by Gasteiger charge is -2.21. The first-order chi connectivity index (χ1) is 8.18. The maximum absolute atomic E-state index is 10.1. The molecule has 0 atom stereocenters. The molecule has 3 nitrogen and oxygen atoms in total. The second-order valence-electron chi connectivity index (χ2n) is 5.59. The normalized spacial score (nSPS) is 12.1. The van der Waals surface area contributed by atoms with Gasteiger partial charge in [0.1, 0.15) is 11.5 Å². The molecule has 3 heteroatoms. The summed E-state index contributed by atoms with van der Waals surface area (Å²) in [5.41, 5.74) is -0.123. The molecule has 1 aromatic rings. The largest absolute Gasteiger partial charge is 0.491 e. The predicted octanol–water partition coefficient (Wildman–Crippen LogP) is 3.49. The van der Waals surface area contributed by atoms with Crippen molar-refractivity contribution in [2.75, 3.05) is 0 Å². The molecule has 18 heavy (non-hydrogen) atoms. The van der Waals surface area contributed by atoms with E-state index >= 15 is 0 Å². The first-order valence-corrected chi connectivity index (χ1v) is 6.39. The summed E-state index contributed by atoms with van der Waals surface area (Å²) in [5.74, 6) is 1.44. The number of benzene rings is 1. The Hall–Kier alpha value is -1.22. The molecule has 1 rings (SSSR count). The fourth-order valence-electron chi connectivity index (χ4n) is 1.61. The van der Waals surface area contributed by atoms with Gasteiger partial charge in [0.2, 0.25) is 0 Å². The molecular formula is C15H24O3. The van der Waals surface area contributed by atoms with Crippen LogP contribution in [0.25, 0.3) is 0 Å². The van der Waals surface area contributed by atoms with E-state index in [9.17, 15) is 5.11 Å². The van der Waals surface area contributed by atoms with E-state index in [1.54, 1.807) is 13.8 Å². The average Bonchev–Trinajstić information content (AvgIpc) is 2.13. The molecule has 0 bridgehead atoms. The second kappa shape index (κ2) is 5.61. The van der Waals surface area contributed by atoms with Crippen LogP contribution in [-0.2, 0) is 5.60 Å². The third kappa shape index (κ3) is 4.57. The lowest BCUT2D eigenvalue weighted by atomic mass is 9.98. The molecule has 1 aromatic carbocycles. The zero-order valence-corrected chi connectivity index (χ0v) is 12.2. The quantitative estimate of drug-likeness (QED) is 0.871. The van der Waals surface area contributed by atoms with E-state index in [1.165, 1.54) is 0 Å². The van der Waals surface area contributed by atoms with Crippen molar-refractivity contribution in [2.45, 2.75) is 59.4 Å². The van der Waals surface area contributed by atoms with Gasteiger partial charge in [0.05, 0.1) is 17.8 Å². The van der Waals surface area contributed by atoms with Gasteiger partial charge in [-0.15, -0.1) is 0 Å². The predicted molar refractivity (Wildman–Crippen MR) is 73.2 cm³/mol. The standard InChI is InChI=1S/C15H24O3/c1-10(2)17-13-7-12(15(5,6)16)8-14(9-13)18-11(3)4/h7-11,16H,1-6H3. The molecule has 102 valence electrons. The zero-order chi connectivity index (χ0) is 13.9. The minimum atomic E-state index is -0.911. The molecular weight excluding hydrogens is 228 g/mol. The molecule has 0 saturated heterocycles. The van der Waals surface area contributed by atoms with Crippen molar-refractivity contribution in [3.63, 3.8) is 0 Å². The van der Waals surface area contributed by atoms with Gasteiger partial charge in [-0.25, -0.2) is 0 Å². The Morgan fingerprint density at radius 3 is 1.56 bits per heavy atom. The van der Waals surface area contributed by atoms with Crippen LogP contribution in [0, 0.1) is 0 Å². The van der Waals surface area contributed by atoms with Crippen LogP contribution in [0.2, 0.25) is 0 Å². The Morgan fingerprint density at radius 1 is 0.889 bits per heavy atom. The van der Waals surface area contributed by atoms with Gasteiger partial charge < -0.3 is 14.6 Å². The summed E-state index contributed by atoms with van der Waals surface area (Å²) in [5, 5.41) is 10.1. The average molecular weight is 252 g/mol. The van der Waals surface area contributed by atoms with Crippen LogP contribution in [0.3, 0.4) is 0 Å². The van der Waals surface area contributed by atoms with E-state index in [2.05, 4.69) is 0 Å². The topological polar surface area (TPSA) is 38.7 Å². The van der Waals surface area contributed by atoms with Crippen LogP contribution in [0.1, 0.15) is 47.1 Å². The number of hydrogen-bond acceptors (Lipinski definition) is 3. The third-order valence-electron chi connectivity index (χ3n) is 2.33. The minimum absolute atomic E-state index is 0.0916. The fourth-order valence-corrected chi connectivity index (χ4v) is 1.61. The smallest absolute Gasteiger partial charge is 0.123 e. The number of hydrogen-bond donors (Lipinski definition) is 1. The monoisotopic (exact) mass is 252 g/mol. The highest BCUT2D eigenvalue weighted by molar-refractivity contribution is 5.40. The molecule has 1 N–H and O–H groups in total. The van der Waals surface area contributed by atoms with E-state index in [1.807, 2.05) is 45.9 Å². The van der Waals surface area contributed by atoms with Crippen LogP contribution >= 0.6 is 0 Å². The van der Waals surface area contributed by atoms with Crippen molar-refractivity contribution in [3.05, 3.63) is 23.8 Å². The van der Waals surface area contributed by atoms with Crippen molar-refractivity contribution < 1.29 is 14.6 Å². The first kappa shape index (κ1) is 14.8. The molecule has 0 aliphatic rings. The second-order valence-corrected chi connectivity index (χ2v) is 5.59. The minimum Gasteiger partial charge on any atom is -0.491 e. The van der Waals surface area contributed by atoms with Gasteiger partial charge in [0.25, 0.3) is 0 Å². The van der Waals surface area contributed by atoms with Crippen molar-refractivity contribution in [1.82, 2.24) is 0 Å². The number of ether oxygens (including phenoxy) is 2. The van der Waals surface area contributed by atoms with Gasteiger partial charge in [0, 0.05) is 6.07 Å². The van der Waals surface area contributed by atoms with Gasteiger partial charge in [0.15, 0.2) is 0 Å². The molecule has 0 fully saturated rings. The van der Waals surface area contributed by atoms with Crippen LogP contribution in [0.5, 0.6) is 11.5 Å². The van der Waals surface area contributed by atoms with Crippen molar-refractivity contribution in [1.29, 1.82) is 0 Å². The van der Waals surface area contributed by atoms with Gasteiger partial charge in [-0.05, 0) is 59.2 Å². The van der Waals surface area contributed by atoms with Gasteiger partial charge in [-0.2, -0.15) is 0 Å². The van der Waals surface area contributed by atoms with Crippen LogP contribution in [0.15, 0.2) is 18.2 Å². The van der Waals surface area contributed by atoms with E-state index in [-0.39, 0.29) is 12.2 Å². The van der Waals surface area contributed by atoms with Crippen molar-refractivity contribution >= 4 is 0 Å². The highest BCUT2D eigenvalue weighted by atomic mass is 16.5. The maximum Gasteiger partial charge on any atom is 0.123 e. The van der Waals surface area contributed by atoms with E-state index in [4.69, 9.17) is 9.47 Å². The molecule has 0 aromatic heterocycles. The van der Waals surface area contributed by atoms with Crippen molar-refractivity contribution in [3.8, 4) is 11.5 Å². The Balaban J connectivity index is 3.11. The van der Waals surface area contributed by atoms with Gasteiger partial charge >= 0.3 is 0 Å². The van der Waals surface area contributed by atoms with Crippen LogP contribution in [0.4, 0.5) is 0 Å². The Bertz CT molecular complexity index is 361. The summed E-state index contributed by atoms with van der Waals surface area (Å²) >= 11 is 0. The summed E-state index contributed by atoms with van der Waals surface area (Å²) < 4.78 is 11.4.